The summed E-state index contributed by atoms with van der Waals surface area (Å²) in [5, 5.41) is 33.1. The number of aliphatic hydroxyl groups is 1. The Morgan fingerprint density at radius 3 is 2.92 bits per heavy atom. The first-order valence-electron chi connectivity index (χ1n) is 8.35. The molecule has 0 saturated heterocycles. The van der Waals surface area contributed by atoms with E-state index in [-0.39, 0.29) is 17.1 Å². The van der Waals surface area contributed by atoms with Crippen LogP contribution in [0.1, 0.15) is 36.7 Å². The van der Waals surface area contributed by atoms with E-state index in [4.69, 9.17) is 0 Å². The highest BCUT2D eigenvalue weighted by Gasteiger charge is 2.22. The van der Waals surface area contributed by atoms with E-state index in [0.717, 1.165) is 23.1 Å². The Hall–Kier alpha value is -2.44. The van der Waals surface area contributed by atoms with Gasteiger partial charge in [-0.3, -0.25) is 0 Å². The molecule has 1 aromatic carbocycles. The molecular weight excluding hydrogens is 368 g/mol. The summed E-state index contributed by atoms with van der Waals surface area (Å²) in [5.41, 5.74) is 1.03. The third-order valence-electron chi connectivity index (χ3n) is 4.38. The molecule has 0 amide bonds. The molecule has 0 atom stereocenters. The van der Waals surface area contributed by atoms with Crippen LogP contribution in [-0.4, -0.2) is 36.1 Å². The molecule has 2 heterocycles. The van der Waals surface area contributed by atoms with Crippen molar-refractivity contribution in [2.75, 3.05) is 5.75 Å². The number of allylic oxidation sites excluding steroid dienone is 1. The minimum absolute atomic E-state index is 0.00229. The van der Waals surface area contributed by atoms with Crippen LogP contribution in [0, 0.1) is 11.3 Å². The van der Waals surface area contributed by atoms with Crippen molar-refractivity contribution in [3.63, 3.8) is 0 Å². The van der Waals surface area contributed by atoms with Gasteiger partial charge in [0, 0.05) is 0 Å². The number of fused-ring (bicyclic) bond motifs is 1. The van der Waals surface area contributed by atoms with E-state index < -0.39 is 0 Å². The summed E-state index contributed by atoms with van der Waals surface area (Å²) in [6, 6.07) is 10.1. The first-order chi connectivity index (χ1) is 12.8. The molecule has 0 radical (unpaired) electrons. The van der Waals surface area contributed by atoms with Gasteiger partial charge in [0.15, 0.2) is 0 Å². The molecule has 0 aliphatic heterocycles. The minimum atomic E-state index is -0.00229. The third-order valence-corrected chi connectivity index (χ3v) is 6.38. The Morgan fingerprint density at radius 2 is 2.15 bits per heavy atom. The maximum Gasteiger partial charge on any atom is 0.210 e. The summed E-state index contributed by atoms with van der Waals surface area (Å²) >= 11 is 2.74. The zero-order valence-electron chi connectivity index (χ0n) is 13.9. The molecule has 9 heteroatoms. The van der Waals surface area contributed by atoms with E-state index in [1.165, 1.54) is 35.9 Å². The summed E-state index contributed by atoms with van der Waals surface area (Å²) < 4.78 is 2.83. The van der Waals surface area contributed by atoms with E-state index >= 15 is 0 Å². The van der Waals surface area contributed by atoms with Crippen LogP contribution < -0.4 is 0 Å². The molecular formula is C17H16N6OS2. The van der Waals surface area contributed by atoms with Crippen LogP contribution in [0.25, 0.3) is 15.8 Å². The monoisotopic (exact) mass is 384 g/mol. The van der Waals surface area contributed by atoms with Gasteiger partial charge >= 0.3 is 0 Å². The fourth-order valence-corrected chi connectivity index (χ4v) is 4.88. The number of aromatic nitrogens is 5. The van der Waals surface area contributed by atoms with Crippen LogP contribution in [0.5, 0.6) is 0 Å². The number of para-hydroxylation sites is 1. The molecule has 0 bridgehead atoms. The van der Waals surface area contributed by atoms with Crippen molar-refractivity contribution in [1.82, 2.24) is 25.2 Å². The van der Waals surface area contributed by atoms with E-state index in [2.05, 4.69) is 26.6 Å². The highest BCUT2D eigenvalue weighted by molar-refractivity contribution is 7.99. The molecule has 1 fully saturated rings. The first kappa shape index (κ1) is 17.0. The molecule has 26 heavy (non-hydrogen) atoms. The molecule has 3 aromatic rings. The van der Waals surface area contributed by atoms with E-state index in [1.807, 2.05) is 28.9 Å². The van der Waals surface area contributed by atoms with Crippen molar-refractivity contribution in [2.24, 2.45) is 0 Å². The van der Waals surface area contributed by atoms with Gasteiger partial charge in [0.05, 0.1) is 22.0 Å². The van der Waals surface area contributed by atoms with Crippen molar-refractivity contribution in [3.05, 3.63) is 35.0 Å². The standard InChI is InChI=1S/C17H16N6OS2/c18-9-12(16-19-13-7-3-4-8-15(13)26-16)14(24)10-25-17-20-21-22-23(17)11-5-1-2-6-11/h3-4,7-8,11,24H,1-2,5-6,10H2/b14-12-. The molecule has 2 aromatic heterocycles. The average molecular weight is 384 g/mol. The van der Waals surface area contributed by atoms with Crippen LogP contribution >= 0.6 is 23.1 Å². The summed E-state index contributed by atoms with van der Waals surface area (Å²) in [4.78, 5) is 4.45. The molecule has 1 saturated carbocycles. The zero-order valence-corrected chi connectivity index (χ0v) is 15.5. The lowest BCUT2D eigenvalue weighted by Crippen LogP contribution is -2.08. The van der Waals surface area contributed by atoms with Gasteiger partial charge in [0.1, 0.15) is 22.4 Å². The lowest BCUT2D eigenvalue weighted by Gasteiger charge is -2.10. The Labute approximate surface area is 158 Å². The Balaban J connectivity index is 1.55. The number of tetrazole rings is 1. The van der Waals surface area contributed by atoms with Gasteiger partial charge in [-0.25, -0.2) is 9.67 Å². The lowest BCUT2D eigenvalue weighted by atomic mass is 10.2. The third kappa shape index (κ3) is 3.30. The maximum absolute atomic E-state index is 10.5. The van der Waals surface area contributed by atoms with Gasteiger partial charge in [0.25, 0.3) is 0 Å². The van der Waals surface area contributed by atoms with Crippen LogP contribution in [0.4, 0.5) is 0 Å². The van der Waals surface area contributed by atoms with Crippen molar-refractivity contribution in [3.8, 4) is 6.07 Å². The summed E-state index contributed by atoms with van der Waals surface area (Å²) in [5.74, 6) is 0.226. The first-order valence-corrected chi connectivity index (χ1v) is 10.2. The largest absolute Gasteiger partial charge is 0.510 e. The predicted octanol–water partition coefficient (Wildman–Crippen LogP) is 3.98. The van der Waals surface area contributed by atoms with Crippen molar-refractivity contribution < 1.29 is 5.11 Å². The Morgan fingerprint density at radius 1 is 1.35 bits per heavy atom. The predicted molar refractivity (Wildman–Crippen MR) is 101 cm³/mol. The fourth-order valence-electron chi connectivity index (χ4n) is 3.08. The molecule has 4 rings (SSSR count). The molecule has 1 aliphatic rings. The van der Waals surface area contributed by atoms with E-state index in [0.29, 0.717) is 16.2 Å². The molecule has 132 valence electrons. The smallest absolute Gasteiger partial charge is 0.210 e. The fraction of sp³-hybridized carbons (Fsp3) is 0.353. The highest BCUT2D eigenvalue weighted by atomic mass is 32.2. The normalized spacial score (nSPS) is 16.0. The minimum Gasteiger partial charge on any atom is -0.510 e. The number of hydrogen-bond acceptors (Lipinski definition) is 8. The second kappa shape index (κ2) is 7.43. The van der Waals surface area contributed by atoms with Gasteiger partial charge in [-0.1, -0.05) is 36.7 Å². The second-order valence-electron chi connectivity index (χ2n) is 6.05. The molecule has 0 spiro atoms. The number of hydrogen-bond donors (Lipinski definition) is 1. The Bertz CT molecular complexity index is 963. The summed E-state index contributed by atoms with van der Waals surface area (Å²) in [6.45, 7) is 0. The van der Waals surface area contributed by atoms with Crippen LogP contribution in [0.2, 0.25) is 0 Å². The van der Waals surface area contributed by atoms with Crippen molar-refractivity contribution >= 4 is 38.9 Å². The molecule has 0 unspecified atom stereocenters. The number of benzene rings is 1. The number of aliphatic hydroxyl groups excluding tert-OH is 1. The number of thioether (sulfide) groups is 1. The second-order valence-corrected chi connectivity index (χ2v) is 8.03. The van der Waals surface area contributed by atoms with Gasteiger partial charge < -0.3 is 5.11 Å². The van der Waals surface area contributed by atoms with Gasteiger partial charge in [-0.2, -0.15) is 5.26 Å². The Kier molecular flexibility index (Phi) is 4.86. The number of nitrogens with zero attached hydrogens (tertiary/aromatic N) is 6. The molecule has 1 N–H and O–H groups in total. The number of rotatable bonds is 5. The van der Waals surface area contributed by atoms with Gasteiger partial charge in [0.2, 0.25) is 5.16 Å². The maximum atomic E-state index is 10.5. The lowest BCUT2D eigenvalue weighted by molar-refractivity contribution is 0.416. The van der Waals surface area contributed by atoms with Crippen molar-refractivity contribution in [2.45, 2.75) is 36.9 Å². The van der Waals surface area contributed by atoms with Crippen LogP contribution in [-0.2, 0) is 0 Å². The zero-order chi connectivity index (χ0) is 17.9. The van der Waals surface area contributed by atoms with Crippen LogP contribution in [0.3, 0.4) is 0 Å². The van der Waals surface area contributed by atoms with Crippen molar-refractivity contribution in [1.29, 1.82) is 5.26 Å². The SMILES string of the molecule is N#C/C(=C(/O)CSc1nnnn1C1CCCC1)c1nc2ccccc2s1. The highest BCUT2D eigenvalue weighted by Crippen LogP contribution is 2.33. The van der Waals surface area contributed by atoms with E-state index in [1.54, 1.807) is 0 Å². The van der Waals surface area contributed by atoms with Crippen LogP contribution in [0.15, 0.2) is 35.2 Å². The number of nitriles is 1. The topological polar surface area (TPSA) is 101 Å². The summed E-state index contributed by atoms with van der Waals surface area (Å²) in [6.07, 6.45) is 4.54. The quantitative estimate of drug-likeness (QED) is 0.403. The number of thiazole rings is 1. The van der Waals surface area contributed by atoms with Gasteiger partial charge in [-0.15, -0.1) is 16.4 Å². The molecule has 7 nitrogen and oxygen atoms in total. The van der Waals surface area contributed by atoms with Gasteiger partial charge in [-0.05, 0) is 35.4 Å². The average Bonchev–Trinajstić information content (AvgIpc) is 3.39. The molecule has 1 aliphatic carbocycles. The van der Waals surface area contributed by atoms with E-state index in [9.17, 15) is 10.4 Å². The summed E-state index contributed by atoms with van der Waals surface area (Å²) in [7, 11) is 0.